The molecular formula is C16H21N3O3. The van der Waals surface area contributed by atoms with Gasteiger partial charge in [0.15, 0.2) is 0 Å². The minimum absolute atomic E-state index is 0.00148. The van der Waals surface area contributed by atoms with Gasteiger partial charge in [0.2, 0.25) is 5.91 Å². The van der Waals surface area contributed by atoms with Crippen LogP contribution in [-0.4, -0.2) is 40.9 Å². The summed E-state index contributed by atoms with van der Waals surface area (Å²) in [4.78, 5) is 24.7. The molecule has 1 heterocycles. The van der Waals surface area contributed by atoms with Gasteiger partial charge >= 0.3 is 0 Å². The average molecular weight is 303 g/mol. The first kappa shape index (κ1) is 16.2. The van der Waals surface area contributed by atoms with Crippen LogP contribution in [0.25, 0.3) is 6.08 Å². The largest absolute Gasteiger partial charge is 0.348 e. The first-order chi connectivity index (χ1) is 10.5. The maximum atomic E-state index is 11.9. The van der Waals surface area contributed by atoms with Gasteiger partial charge in [-0.25, -0.2) is 0 Å². The van der Waals surface area contributed by atoms with Crippen LogP contribution in [0.4, 0.5) is 5.69 Å². The Bertz CT molecular complexity index is 584. The van der Waals surface area contributed by atoms with Gasteiger partial charge in [-0.15, -0.1) is 0 Å². The van der Waals surface area contributed by atoms with Crippen molar-refractivity contribution in [1.82, 2.24) is 10.2 Å². The van der Waals surface area contributed by atoms with Crippen LogP contribution < -0.4 is 5.32 Å². The molecule has 0 unspecified atom stereocenters. The van der Waals surface area contributed by atoms with E-state index in [4.69, 9.17) is 0 Å². The second-order valence-corrected chi connectivity index (χ2v) is 5.73. The van der Waals surface area contributed by atoms with Crippen molar-refractivity contribution in [3.63, 3.8) is 0 Å². The second-order valence-electron chi connectivity index (χ2n) is 5.73. The third kappa shape index (κ3) is 4.14. The van der Waals surface area contributed by atoms with Gasteiger partial charge in [-0.1, -0.05) is 12.1 Å². The molecule has 1 aromatic carbocycles. The van der Waals surface area contributed by atoms with E-state index in [0.717, 1.165) is 19.5 Å². The van der Waals surface area contributed by atoms with Crippen molar-refractivity contribution in [2.75, 3.05) is 13.1 Å². The van der Waals surface area contributed by atoms with Gasteiger partial charge in [0.1, 0.15) is 0 Å². The van der Waals surface area contributed by atoms with Gasteiger partial charge in [0.25, 0.3) is 5.69 Å². The van der Waals surface area contributed by atoms with Crippen molar-refractivity contribution in [1.29, 1.82) is 0 Å². The number of nitro groups is 1. The third-order valence-corrected chi connectivity index (χ3v) is 3.84. The van der Waals surface area contributed by atoms with Crippen molar-refractivity contribution < 1.29 is 9.72 Å². The lowest BCUT2D eigenvalue weighted by Crippen LogP contribution is -2.37. The zero-order valence-corrected chi connectivity index (χ0v) is 12.9. The summed E-state index contributed by atoms with van der Waals surface area (Å²) in [6, 6.07) is 6.98. The number of benzene rings is 1. The van der Waals surface area contributed by atoms with Crippen molar-refractivity contribution in [3.8, 4) is 0 Å². The van der Waals surface area contributed by atoms with Gasteiger partial charge in [-0.3, -0.25) is 19.8 Å². The average Bonchev–Trinajstić information content (AvgIpc) is 2.94. The summed E-state index contributed by atoms with van der Waals surface area (Å²) >= 11 is 0. The standard InChI is InChI=1S/C16H21N3O3/c1-12(2)18-10-9-14(11-18)17-16(20)8-7-13-5-3-4-6-15(13)19(21)22/h3-8,12,14H,9-11H2,1-2H3,(H,17,20)/b8-7+/t14-/m1/s1. The summed E-state index contributed by atoms with van der Waals surface area (Å²) in [5, 5.41) is 13.9. The van der Waals surface area contributed by atoms with Crippen molar-refractivity contribution >= 4 is 17.7 Å². The second kappa shape index (κ2) is 7.17. The number of nitrogens with zero attached hydrogens (tertiary/aromatic N) is 2. The first-order valence-electron chi connectivity index (χ1n) is 7.43. The first-order valence-corrected chi connectivity index (χ1v) is 7.43. The lowest BCUT2D eigenvalue weighted by Gasteiger charge is -2.20. The highest BCUT2D eigenvalue weighted by Gasteiger charge is 2.24. The molecule has 1 atom stereocenters. The Balaban J connectivity index is 1.94. The minimum Gasteiger partial charge on any atom is -0.348 e. The third-order valence-electron chi connectivity index (χ3n) is 3.84. The van der Waals surface area contributed by atoms with Gasteiger partial charge in [0.05, 0.1) is 10.5 Å². The Hall–Kier alpha value is -2.21. The molecule has 2 rings (SSSR count). The van der Waals surface area contributed by atoms with Crippen LogP contribution in [0, 0.1) is 10.1 Å². The number of hydrogen-bond acceptors (Lipinski definition) is 4. The highest BCUT2D eigenvalue weighted by molar-refractivity contribution is 5.92. The Morgan fingerprint density at radius 2 is 2.18 bits per heavy atom. The number of likely N-dealkylation sites (tertiary alicyclic amines) is 1. The summed E-state index contributed by atoms with van der Waals surface area (Å²) in [6.45, 7) is 6.11. The molecule has 1 amide bonds. The lowest BCUT2D eigenvalue weighted by molar-refractivity contribution is -0.385. The number of carbonyl (C=O) groups is 1. The normalized spacial score (nSPS) is 19.0. The molecule has 1 fully saturated rings. The quantitative estimate of drug-likeness (QED) is 0.514. The van der Waals surface area contributed by atoms with Crippen molar-refractivity contribution in [2.45, 2.75) is 32.4 Å². The van der Waals surface area contributed by atoms with Crippen LogP contribution in [-0.2, 0) is 4.79 Å². The molecule has 0 radical (unpaired) electrons. The van der Waals surface area contributed by atoms with E-state index >= 15 is 0 Å². The zero-order valence-electron chi connectivity index (χ0n) is 12.9. The van der Waals surface area contributed by atoms with Crippen LogP contribution in [0.3, 0.4) is 0 Å². The Kier molecular flexibility index (Phi) is 5.27. The van der Waals surface area contributed by atoms with Crippen LogP contribution in [0.2, 0.25) is 0 Å². The molecule has 22 heavy (non-hydrogen) atoms. The number of nitrogens with one attached hydrogen (secondary N) is 1. The van der Waals surface area contributed by atoms with Crippen LogP contribution in [0.1, 0.15) is 25.8 Å². The van der Waals surface area contributed by atoms with Crippen LogP contribution in [0.5, 0.6) is 0 Å². The van der Waals surface area contributed by atoms with E-state index in [1.54, 1.807) is 18.2 Å². The van der Waals surface area contributed by atoms with Crippen molar-refractivity contribution in [3.05, 3.63) is 46.0 Å². The predicted octanol–water partition coefficient (Wildman–Crippen LogP) is 2.21. The Morgan fingerprint density at radius 3 is 2.82 bits per heavy atom. The van der Waals surface area contributed by atoms with Gasteiger partial charge in [-0.2, -0.15) is 0 Å². The molecular weight excluding hydrogens is 282 g/mol. The van der Waals surface area contributed by atoms with Gasteiger partial charge in [0, 0.05) is 37.3 Å². The molecule has 0 aromatic heterocycles. The molecule has 1 saturated heterocycles. The number of amides is 1. The highest BCUT2D eigenvalue weighted by atomic mass is 16.6. The van der Waals surface area contributed by atoms with E-state index in [9.17, 15) is 14.9 Å². The van der Waals surface area contributed by atoms with Gasteiger partial charge < -0.3 is 5.32 Å². The number of hydrogen-bond donors (Lipinski definition) is 1. The summed E-state index contributed by atoms with van der Waals surface area (Å²) in [5.41, 5.74) is 0.427. The Morgan fingerprint density at radius 1 is 1.45 bits per heavy atom. The van der Waals surface area contributed by atoms with Crippen LogP contribution in [0.15, 0.2) is 30.3 Å². The van der Waals surface area contributed by atoms with E-state index in [1.165, 1.54) is 18.2 Å². The molecule has 1 aromatic rings. The van der Waals surface area contributed by atoms with E-state index in [1.807, 2.05) is 0 Å². The molecule has 1 aliphatic heterocycles. The maximum Gasteiger partial charge on any atom is 0.276 e. The molecule has 0 saturated carbocycles. The fourth-order valence-electron chi connectivity index (χ4n) is 2.58. The zero-order chi connectivity index (χ0) is 16.1. The molecule has 1 N–H and O–H groups in total. The van der Waals surface area contributed by atoms with E-state index in [0.29, 0.717) is 11.6 Å². The summed E-state index contributed by atoms with van der Waals surface area (Å²) in [6.07, 6.45) is 3.78. The molecule has 0 spiro atoms. The highest BCUT2D eigenvalue weighted by Crippen LogP contribution is 2.19. The number of rotatable bonds is 5. The topological polar surface area (TPSA) is 75.5 Å². The molecule has 1 aliphatic rings. The van der Waals surface area contributed by atoms with E-state index in [-0.39, 0.29) is 17.6 Å². The smallest absolute Gasteiger partial charge is 0.276 e. The minimum atomic E-state index is -0.449. The van der Waals surface area contributed by atoms with Crippen molar-refractivity contribution in [2.24, 2.45) is 0 Å². The molecule has 118 valence electrons. The number of nitro benzene ring substituents is 1. The summed E-state index contributed by atoms with van der Waals surface area (Å²) in [5.74, 6) is -0.214. The summed E-state index contributed by atoms with van der Waals surface area (Å²) < 4.78 is 0. The fraction of sp³-hybridized carbons (Fsp3) is 0.438. The SMILES string of the molecule is CC(C)N1CC[C@@H](NC(=O)/C=C/c2ccccc2[N+](=O)[O-])C1. The molecule has 6 nitrogen and oxygen atoms in total. The van der Waals surface area contributed by atoms with E-state index < -0.39 is 4.92 Å². The van der Waals surface area contributed by atoms with Crippen LogP contribution >= 0.6 is 0 Å². The van der Waals surface area contributed by atoms with E-state index in [2.05, 4.69) is 24.1 Å². The lowest BCUT2D eigenvalue weighted by atomic mass is 10.1. The fourth-order valence-corrected chi connectivity index (χ4v) is 2.58. The Labute approximate surface area is 130 Å². The number of para-hydroxylation sites is 1. The molecule has 0 bridgehead atoms. The monoisotopic (exact) mass is 303 g/mol. The molecule has 6 heteroatoms. The maximum absolute atomic E-state index is 11.9. The number of carbonyl (C=O) groups excluding carboxylic acids is 1. The van der Waals surface area contributed by atoms with Gasteiger partial charge in [-0.05, 0) is 32.4 Å². The molecule has 0 aliphatic carbocycles. The summed E-state index contributed by atoms with van der Waals surface area (Å²) in [7, 11) is 0. The predicted molar refractivity (Wildman–Crippen MR) is 85.4 cm³/mol.